The van der Waals surface area contributed by atoms with Crippen LogP contribution in [-0.4, -0.2) is 30.4 Å². The van der Waals surface area contributed by atoms with E-state index in [0.29, 0.717) is 24.5 Å². The Morgan fingerprint density at radius 3 is 2.83 bits per heavy atom. The number of aliphatic hydroxyl groups is 1. The van der Waals surface area contributed by atoms with E-state index in [1.54, 1.807) is 12.1 Å². The van der Waals surface area contributed by atoms with E-state index in [1.165, 1.54) is 0 Å². The van der Waals surface area contributed by atoms with Gasteiger partial charge in [-0.3, -0.25) is 0 Å². The van der Waals surface area contributed by atoms with Gasteiger partial charge in [-0.05, 0) is 32.4 Å². The maximum Gasteiger partial charge on any atom is 0.319 e. The first-order valence-corrected chi connectivity index (χ1v) is 6.07. The Morgan fingerprint density at radius 1 is 1.44 bits per heavy atom. The molecule has 1 rings (SSSR count). The van der Waals surface area contributed by atoms with Crippen molar-refractivity contribution in [2.45, 2.75) is 26.3 Å². The van der Waals surface area contributed by atoms with Gasteiger partial charge in [0.2, 0.25) is 0 Å². The fourth-order valence-corrected chi connectivity index (χ4v) is 1.50. The van der Waals surface area contributed by atoms with Gasteiger partial charge in [0.1, 0.15) is 5.75 Å². The Kier molecular flexibility index (Phi) is 6.00. The van der Waals surface area contributed by atoms with Crippen molar-refractivity contribution in [1.82, 2.24) is 5.32 Å². The molecule has 100 valence electrons. The summed E-state index contributed by atoms with van der Waals surface area (Å²) in [6.07, 6.45) is 0.528. The lowest BCUT2D eigenvalue weighted by atomic mass is 10.2. The van der Waals surface area contributed by atoms with Crippen molar-refractivity contribution < 1.29 is 14.6 Å². The van der Waals surface area contributed by atoms with Gasteiger partial charge in [-0.1, -0.05) is 12.1 Å². The maximum atomic E-state index is 11.7. The minimum atomic E-state index is -0.303. The predicted molar refractivity (Wildman–Crippen MR) is 70.9 cm³/mol. The summed E-state index contributed by atoms with van der Waals surface area (Å²) in [4.78, 5) is 11.7. The first-order chi connectivity index (χ1) is 8.67. The standard InChI is InChI=1S/C13H20N2O3/c1-3-18-12-7-5-4-6-11(12)15-13(17)14-10(2)8-9-16/h4-7,10,16H,3,8-9H2,1-2H3,(H2,14,15,17)/t10-/m1/s1. The molecule has 0 saturated carbocycles. The SMILES string of the molecule is CCOc1ccccc1NC(=O)N[C@H](C)CCO. The number of hydrogen-bond acceptors (Lipinski definition) is 3. The minimum Gasteiger partial charge on any atom is -0.492 e. The van der Waals surface area contributed by atoms with Crippen LogP contribution in [0, 0.1) is 0 Å². The van der Waals surface area contributed by atoms with Crippen LogP contribution >= 0.6 is 0 Å². The normalized spacial score (nSPS) is 11.7. The molecular weight excluding hydrogens is 232 g/mol. The summed E-state index contributed by atoms with van der Waals surface area (Å²) in [6.45, 7) is 4.32. The van der Waals surface area contributed by atoms with Crippen molar-refractivity contribution >= 4 is 11.7 Å². The van der Waals surface area contributed by atoms with Crippen LogP contribution in [0.3, 0.4) is 0 Å². The average molecular weight is 252 g/mol. The molecule has 0 heterocycles. The fraction of sp³-hybridized carbons (Fsp3) is 0.462. The van der Waals surface area contributed by atoms with E-state index in [9.17, 15) is 4.79 Å². The number of nitrogens with one attached hydrogen (secondary N) is 2. The van der Waals surface area contributed by atoms with Gasteiger partial charge >= 0.3 is 6.03 Å². The van der Waals surface area contributed by atoms with E-state index in [-0.39, 0.29) is 18.7 Å². The summed E-state index contributed by atoms with van der Waals surface area (Å²) in [7, 11) is 0. The molecule has 0 aliphatic carbocycles. The molecule has 0 aliphatic rings. The molecular formula is C13H20N2O3. The molecule has 0 aromatic heterocycles. The van der Waals surface area contributed by atoms with Crippen molar-refractivity contribution in [2.24, 2.45) is 0 Å². The summed E-state index contributed by atoms with van der Waals surface area (Å²) >= 11 is 0. The lowest BCUT2D eigenvalue weighted by Gasteiger charge is -2.15. The zero-order valence-electron chi connectivity index (χ0n) is 10.8. The third-order valence-corrected chi connectivity index (χ3v) is 2.37. The number of hydrogen-bond donors (Lipinski definition) is 3. The van der Waals surface area contributed by atoms with Crippen LogP contribution in [0.25, 0.3) is 0 Å². The monoisotopic (exact) mass is 252 g/mol. The number of anilines is 1. The molecule has 0 saturated heterocycles. The Balaban J connectivity index is 2.58. The largest absolute Gasteiger partial charge is 0.492 e. The first kappa shape index (κ1) is 14.3. The number of carbonyl (C=O) groups excluding carboxylic acids is 1. The van der Waals surface area contributed by atoms with E-state index >= 15 is 0 Å². The predicted octanol–water partition coefficient (Wildman–Crippen LogP) is 1.98. The number of ether oxygens (including phenoxy) is 1. The molecule has 1 aromatic carbocycles. The van der Waals surface area contributed by atoms with Crippen LogP contribution in [0.5, 0.6) is 5.75 Å². The average Bonchev–Trinajstić information content (AvgIpc) is 2.32. The summed E-state index contributed by atoms with van der Waals surface area (Å²) in [5, 5.41) is 14.2. The number of urea groups is 1. The van der Waals surface area contributed by atoms with Gasteiger partial charge in [-0.15, -0.1) is 0 Å². The van der Waals surface area contributed by atoms with Gasteiger partial charge in [-0.25, -0.2) is 4.79 Å². The highest BCUT2D eigenvalue weighted by atomic mass is 16.5. The number of rotatable bonds is 6. The third kappa shape index (κ3) is 4.63. The Bertz CT molecular complexity index is 382. The Labute approximate surface area is 107 Å². The van der Waals surface area contributed by atoms with Gasteiger partial charge in [0.15, 0.2) is 0 Å². The highest BCUT2D eigenvalue weighted by Crippen LogP contribution is 2.23. The van der Waals surface area contributed by atoms with Crippen LogP contribution in [0.1, 0.15) is 20.3 Å². The molecule has 0 fully saturated rings. The van der Waals surface area contributed by atoms with Crippen molar-refractivity contribution in [1.29, 1.82) is 0 Å². The van der Waals surface area contributed by atoms with Crippen LogP contribution in [0.4, 0.5) is 10.5 Å². The zero-order chi connectivity index (χ0) is 13.4. The topological polar surface area (TPSA) is 70.6 Å². The van der Waals surface area contributed by atoms with Gasteiger partial charge < -0.3 is 20.5 Å². The van der Waals surface area contributed by atoms with Gasteiger partial charge in [0.25, 0.3) is 0 Å². The number of amides is 2. The lowest BCUT2D eigenvalue weighted by Crippen LogP contribution is -2.36. The number of benzene rings is 1. The zero-order valence-corrected chi connectivity index (χ0v) is 10.8. The molecule has 18 heavy (non-hydrogen) atoms. The summed E-state index contributed by atoms with van der Waals surface area (Å²) in [6, 6.07) is 6.88. The van der Waals surface area contributed by atoms with Gasteiger partial charge in [-0.2, -0.15) is 0 Å². The van der Waals surface area contributed by atoms with E-state index in [2.05, 4.69) is 10.6 Å². The van der Waals surface area contributed by atoms with E-state index < -0.39 is 0 Å². The van der Waals surface area contributed by atoms with Crippen molar-refractivity contribution in [3.8, 4) is 5.75 Å². The molecule has 1 aromatic rings. The number of para-hydroxylation sites is 2. The van der Waals surface area contributed by atoms with Crippen LogP contribution in [0.2, 0.25) is 0 Å². The van der Waals surface area contributed by atoms with Crippen molar-refractivity contribution in [2.75, 3.05) is 18.5 Å². The maximum absolute atomic E-state index is 11.7. The molecule has 5 nitrogen and oxygen atoms in total. The minimum absolute atomic E-state index is 0.0526. The highest BCUT2D eigenvalue weighted by molar-refractivity contribution is 5.91. The third-order valence-electron chi connectivity index (χ3n) is 2.37. The molecule has 0 spiro atoms. The van der Waals surface area contributed by atoms with Crippen LogP contribution < -0.4 is 15.4 Å². The Hall–Kier alpha value is -1.75. The van der Waals surface area contributed by atoms with Gasteiger partial charge in [0, 0.05) is 12.6 Å². The molecule has 0 radical (unpaired) electrons. The van der Waals surface area contributed by atoms with Crippen molar-refractivity contribution in [3.63, 3.8) is 0 Å². The van der Waals surface area contributed by atoms with Crippen LogP contribution in [-0.2, 0) is 0 Å². The molecule has 0 bridgehead atoms. The first-order valence-electron chi connectivity index (χ1n) is 6.07. The fourth-order valence-electron chi connectivity index (χ4n) is 1.50. The summed E-state index contributed by atoms with van der Waals surface area (Å²) in [5.74, 6) is 0.643. The lowest BCUT2D eigenvalue weighted by molar-refractivity contribution is 0.241. The van der Waals surface area contributed by atoms with Crippen molar-refractivity contribution in [3.05, 3.63) is 24.3 Å². The summed E-state index contributed by atoms with van der Waals surface area (Å²) < 4.78 is 5.41. The quantitative estimate of drug-likeness (QED) is 0.725. The smallest absolute Gasteiger partial charge is 0.319 e. The molecule has 3 N–H and O–H groups in total. The molecule has 2 amide bonds. The molecule has 0 unspecified atom stereocenters. The second-order valence-electron chi connectivity index (χ2n) is 3.94. The van der Waals surface area contributed by atoms with E-state index in [1.807, 2.05) is 26.0 Å². The molecule has 1 atom stereocenters. The Morgan fingerprint density at radius 2 is 2.17 bits per heavy atom. The second-order valence-corrected chi connectivity index (χ2v) is 3.94. The highest BCUT2D eigenvalue weighted by Gasteiger charge is 2.09. The second kappa shape index (κ2) is 7.55. The van der Waals surface area contributed by atoms with Gasteiger partial charge in [0.05, 0.1) is 12.3 Å². The van der Waals surface area contributed by atoms with E-state index in [0.717, 1.165) is 0 Å². The van der Waals surface area contributed by atoms with E-state index in [4.69, 9.17) is 9.84 Å². The summed E-state index contributed by atoms with van der Waals surface area (Å²) in [5.41, 5.74) is 0.632. The number of aliphatic hydroxyl groups excluding tert-OH is 1. The number of carbonyl (C=O) groups is 1. The van der Waals surface area contributed by atoms with Crippen LogP contribution in [0.15, 0.2) is 24.3 Å². The molecule has 0 aliphatic heterocycles. The molecule has 5 heteroatoms.